The zero-order valence-corrected chi connectivity index (χ0v) is 12.4. The van der Waals surface area contributed by atoms with E-state index in [1.165, 1.54) is 32.1 Å². The molecule has 2 aliphatic rings. The van der Waals surface area contributed by atoms with Crippen LogP contribution in [0.3, 0.4) is 0 Å². The smallest absolute Gasteiger partial charge is 0.0756 e. The van der Waals surface area contributed by atoms with Gasteiger partial charge in [-0.25, -0.2) is 0 Å². The van der Waals surface area contributed by atoms with Crippen molar-refractivity contribution in [2.24, 2.45) is 0 Å². The van der Waals surface area contributed by atoms with Crippen LogP contribution < -0.4 is 5.32 Å². The van der Waals surface area contributed by atoms with Crippen LogP contribution in [0.2, 0.25) is 10.0 Å². The van der Waals surface area contributed by atoms with Gasteiger partial charge in [-0.2, -0.15) is 0 Å². The molecule has 0 bridgehead atoms. The predicted octanol–water partition coefficient (Wildman–Crippen LogP) is 4.90. The highest BCUT2D eigenvalue weighted by atomic mass is 35.5. The van der Waals surface area contributed by atoms with Crippen molar-refractivity contribution in [2.75, 3.05) is 11.9 Å². The van der Waals surface area contributed by atoms with Crippen LogP contribution in [0.25, 0.3) is 0 Å². The molecule has 1 N–H and O–H groups in total. The summed E-state index contributed by atoms with van der Waals surface area (Å²) in [7, 11) is 0. The standard InChI is InChI=1S/C15H19Cl2NO/c16-11-3-4-14(13(17)9-11)18-10-12-5-8-15(19-12)6-1-2-7-15/h3-4,9,12,18H,1-2,5-8,10H2. The second-order valence-electron chi connectivity index (χ2n) is 5.67. The molecule has 1 atom stereocenters. The fraction of sp³-hybridized carbons (Fsp3) is 0.600. The Morgan fingerprint density at radius 3 is 2.74 bits per heavy atom. The van der Waals surface area contributed by atoms with E-state index in [1.807, 2.05) is 12.1 Å². The Labute approximate surface area is 124 Å². The van der Waals surface area contributed by atoms with Gasteiger partial charge in [-0.15, -0.1) is 0 Å². The van der Waals surface area contributed by atoms with Gasteiger partial charge in [-0.3, -0.25) is 0 Å². The summed E-state index contributed by atoms with van der Waals surface area (Å²) in [5, 5.41) is 4.70. The van der Waals surface area contributed by atoms with E-state index in [4.69, 9.17) is 27.9 Å². The normalized spacial score (nSPS) is 25.1. The maximum absolute atomic E-state index is 6.26. The van der Waals surface area contributed by atoms with E-state index in [9.17, 15) is 0 Å². The minimum atomic E-state index is 0.205. The average molecular weight is 300 g/mol. The molecule has 1 saturated heterocycles. The summed E-state index contributed by atoms with van der Waals surface area (Å²) in [6.07, 6.45) is 7.80. The molecule has 1 unspecified atom stereocenters. The molecule has 1 saturated carbocycles. The Kier molecular flexibility index (Phi) is 3.93. The summed E-state index contributed by atoms with van der Waals surface area (Å²) in [4.78, 5) is 0. The van der Waals surface area contributed by atoms with Crippen LogP contribution in [0.4, 0.5) is 5.69 Å². The van der Waals surface area contributed by atoms with Crippen molar-refractivity contribution in [3.63, 3.8) is 0 Å². The lowest BCUT2D eigenvalue weighted by Crippen LogP contribution is -2.27. The van der Waals surface area contributed by atoms with Crippen LogP contribution in [-0.4, -0.2) is 18.2 Å². The summed E-state index contributed by atoms with van der Waals surface area (Å²) in [6, 6.07) is 5.54. The van der Waals surface area contributed by atoms with E-state index >= 15 is 0 Å². The molecule has 1 heterocycles. The summed E-state index contributed by atoms with van der Waals surface area (Å²) in [5.74, 6) is 0. The number of halogens is 2. The van der Waals surface area contributed by atoms with Crippen LogP contribution in [0.5, 0.6) is 0 Å². The lowest BCUT2D eigenvalue weighted by atomic mass is 9.98. The number of ether oxygens (including phenoxy) is 1. The molecule has 3 rings (SSSR count). The monoisotopic (exact) mass is 299 g/mol. The lowest BCUT2D eigenvalue weighted by molar-refractivity contribution is -0.0307. The number of hydrogen-bond acceptors (Lipinski definition) is 2. The first-order valence-corrected chi connectivity index (χ1v) is 7.79. The molecule has 0 radical (unpaired) electrons. The number of benzene rings is 1. The maximum Gasteiger partial charge on any atom is 0.0756 e. The Morgan fingerprint density at radius 2 is 2.00 bits per heavy atom. The first kappa shape index (κ1) is 13.5. The fourth-order valence-electron chi connectivity index (χ4n) is 3.28. The van der Waals surface area contributed by atoms with Gasteiger partial charge >= 0.3 is 0 Å². The van der Waals surface area contributed by atoms with Gasteiger partial charge in [0.05, 0.1) is 22.4 Å². The zero-order chi connectivity index (χ0) is 13.3. The average Bonchev–Trinajstić information content (AvgIpc) is 2.99. The predicted molar refractivity (Wildman–Crippen MR) is 80.3 cm³/mol. The van der Waals surface area contributed by atoms with Crippen molar-refractivity contribution in [1.29, 1.82) is 0 Å². The summed E-state index contributed by atoms with van der Waals surface area (Å²) >= 11 is 12.0. The molecule has 1 aromatic rings. The second kappa shape index (κ2) is 5.51. The van der Waals surface area contributed by atoms with Crippen molar-refractivity contribution in [2.45, 2.75) is 50.2 Å². The zero-order valence-electron chi connectivity index (χ0n) is 10.9. The van der Waals surface area contributed by atoms with Gasteiger partial charge in [0.1, 0.15) is 0 Å². The Hall–Kier alpha value is -0.440. The molecule has 2 nitrogen and oxygen atoms in total. The molecule has 1 aliphatic heterocycles. The van der Waals surface area contributed by atoms with Crippen molar-refractivity contribution in [3.8, 4) is 0 Å². The van der Waals surface area contributed by atoms with E-state index in [1.54, 1.807) is 6.07 Å². The quantitative estimate of drug-likeness (QED) is 0.857. The Morgan fingerprint density at radius 1 is 1.21 bits per heavy atom. The molecule has 104 valence electrons. The van der Waals surface area contributed by atoms with Gasteiger partial charge in [0.2, 0.25) is 0 Å². The van der Waals surface area contributed by atoms with Gasteiger partial charge < -0.3 is 10.1 Å². The van der Waals surface area contributed by atoms with E-state index < -0.39 is 0 Å². The molecular formula is C15H19Cl2NO. The third kappa shape index (κ3) is 3.01. The van der Waals surface area contributed by atoms with E-state index in [-0.39, 0.29) is 5.60 Å². The Balaban J connectivity index is 1.55. The summed E-state index contributed by atoms with van der Waals surface area (Å²) in [5.41, 5.74) is 1.14. The van der Waals surface area contributed by atoms with Crippen LogP contribution in [0, 0.1) is 0 Å². The minimum Gasteiger partial charge on any atom is -0.381 e. The molecule has 2 fully saturated rings. The van der Waals surface area contributed by atoms with Gasteiger partial charge in [0.25, 0.3) is 0 Å². The van der Waals surface area contributed by atoms with E-state index in [2.05, 4.69) is 5.32 Å². The first-order chi connectivity index (χ1) is 9.17. The van der Waals surface area contributed by atoms with Crippen LogP contribution in [0.1, 0.15) is 38.5 Å². The highest BCUT2D eigenvalue weighted by molar-refractivity contribution is 6.36. The van der Waals surface area contributed by atoms with Gasteiger partial charge in [0.15, 0.2) is 0 Å². The van der Waals surface area contributed by atoms with Crippen molar-refractivity contribution in [1.82, 2.24) is 0 Å². The summed E-state index contributed by atoms with van der Waals surface area (Å²) < 4.78 is 6.26. The van der Waals surface area contributed by atoms with Crippen LogP contribution >= 0.6 is 23.2 Å². The first-order valence-electron chi connectivity index (χ1n) is 7.04. The lowest BCUT2D eigenvalue weighted by Gasteiger charge is -2.24. The number of anilines is 1. The highest BCUT2D eigenvalue weighted by Gasteiger charge is 2.41. The van der Waals surface area contributed by atoms with E-state index in [0.717, 1.165) is 18.7 Å². The molecule has 1 aromatic carbocycles. The summed E-state index contributed by atoms with van der Waals surface area (Å²) in [6.45, 7) is 0.823. The second-order valence-corrected chi connectivity index (χ2v) is 6.52. The SMILES string of the molecule is Clc1ccc(NCC2CCC3(CCCC3)O2)c(Cl)c1. The number of nitrogens with one attached hydrogen (secondary N) is 1. The third-order valence-electron chi connectivity index (χ3n) is 4.30. The molecule has 4 heteroatoms. The number of rotatable bonds is 3. The highest BCUT2D eigenvalue weighted by Crippen LogP contribution is 2.43. The largest absolute Gasteiger partial charge is 0.381 e. The molecule has 0 amide bonds. The molecule has 19 heavy (non-hydrogen) atoms. The maximum atomic E-state index is 6.26. The van der Waals surface area contributed by atoms with E-state index in [0.29, 0.717) is 16.1 Å². The number of hydrogen-bond donors (Lipinski definition) is 1. The van der Waals surface area contributed by atoms with Gasteiger partial charge in [-0.1, -0.05) is 36.0 Å². The minimum absolute atomic E-state index is 0.205. The van der Waals surface area contributed by atoms with Crippen molar-refractivity contribution < 1.29 is 4.74 Å². The Bertz CT molecular complexity index is 457. The topological polar surface area (TPSA) is 21.3 Å². The fourth-order valence-corrected chi connectivity index (χ4v) is 3.76. The molecule has 1 aliphatic carbocycles. The van der Waals surface area contributed by atoms with Crippen molar-refractivity contribution in [3.05, 3.63) is 28.2 Å². The van der Waals surface area contributed by atoms with Crippen LogP contribution in [0.15, 0.2) is 18.2 Å². The molecule has 1 spiro atoms. The van der Waals surface area contributed by atoms with Crippen molar-refractivity contribution >= 4 is 28.9 Å². The van der Waals surface area contributed by atoms with Gasteiger partial charge in [0, 0.05) is 11.6 Å². The molecular weight excluding hydrogens is 281 g/mol. The molecule has 0 aromatic heterocycles. The third-order valence-corrected chi connectivity index (χ3v) is 4.85. The van der Waals surface area contributed by atoms with Crippen LogP contribution in [-0.2, 0) is 4.74 Å². The van der Waals surface area contributed by atoms with Gasteiger partial charge in [-0.05, 0) is 43.9 Å².